The van der Waals surface area contributed by atoms with Crippen LogP contribution in [0.1, 0.15) is 43.6 Å². The molecule has 0 fully saturated rings. The first-order chi connectivity index (χ1) is 8.56. The van der Waals surface area contributed by atoms with Gasteiger partial charge in [-0.3, -0.25) is 10.2 Å². The summed E-state index contributed by atoms with van der Waals surface area (Å²) in [4.78, 5) is 4.26. The Kier molecular flexibility index (Phi) is 3.97. The zero-order valence-corrected chi connectivity index (χ0v) is 11.8. The van der Waals surface area contributed by atoms with Crippen molar-refractivity contribution in [1.82, 2.24) is 15.2 Å². The SMILES string of the molecule is CC(C)Cc1ccc([C@H](C)c2nc(=S)[nH][nH]2)cc1. The molecule has 0 saturated heterocycles. The summed E-state index contributed by atoms with van der Waals surface area (Å²) in [6.45, 7) is 6.60. The summed E-state index contributed by atoms with van der Waals surface area (Å²) >= 11 is 4.97. The molecule has 0 spiro atoms. The van der Waals surface area contributed by atoms with E-state index >= 15 is 0 Å². The fourth-order valence-corrected chi connectivity index (χ4v) is 2.21. The molecule has 0 aliphatic heterocycles. The first-order valence-corrected chi connectivity index (χ1v) is 6.70. The van der Waals surface area contributed by atoms with Gasteiger partial charge in [0.1, 0.15) is 5.82 Å². The van der Waals surface area contributed by atoms with E-state index in [-0.39, 0.29) is 5.92 Å². The zero-order valence-electron chi connectivity index (χ0n) is 11.0. The molecule has 2 N–H and O–H groups in total. The van der Waals surface area contributed by atoms with Crippen molar-refractivity contribution in [3.05, 3.63) is 46.0 Å². The third kappa shape index (κ3) is 3.07. The standard InChI is InChI=1S/C14H19N3S/c1-9(2)8-11-4-6-12(7-5-11)10(3)13-15-14(18)17-16-13/h4-7,9-10H,8H2,1-3H3,(H2,15,16,17,18)/t10-/m0/s1. The highest BCUT2D eigenvalue weighted by molar-refractivity contribution is 7.71. The average molecular weight is 261 g/mol. The Morgan fingerprint density at radius 2 is 1.78 bits per heavy atom. The van der Waals surface area contributed by atoms with Gasteiger partial charge in [0.15, 0.2) is 0 Å². The smallest absolute Gasteiger partial charge is 0.213 e. The normalized spacial score (nSPS) is 12.9. The van der Waals surface area contributed by atoms with Crippen LogP contribution in [-0.2, 0) is 6.42 Å². The third-order valence-electron chi connectivity index (χ3n) is 3.05. The van der Waals surface area contributed by atoms with Crippen molar-refractivity contribution in [3.8, 4) is 0 Å². The van der Waals surface area contributed by atoms with E-state index in [0.29, 0.717) is 10.7 Å². The van der Waals surface area contributed by atoms with E-state index in [1.54, 1.807) is 0 Å². The largest absolute Gasteiger partial charge is 0.285 e. The topological polar surface area (TPSA) is 44.5 Å². The number of H-pyrrole nitrogens is 2. The number of nitrogens with zero attached hydrogens (tertiary/aromatic N) is 1. The number of benzene rings is 1. The molecule has 0 unspecified atom stereocenters. The van der Waals surface area contributed by atoms with Gasteiger partial charge >= 0.3 is 0 Å². The molecular formula is C14H19N3S. The number of rotatable bonds is 4. The van der Waals surface area contributed by atoms with Crippen LogP contribution in [0.4, 0.5) is 0 Å². The van der Waals surface area contributed by atoms with Crippen LogP contribution in [0.25, 0.3) is 0 Å². The van der Waals surface area contributed by atoms with Crippen LogP contribution in [0.2, 0.25) is 0 Å². The van der Waals surface area contributed by atoms with Crippen LogP contribution in [0.3, 0.4) is 0 Å². The maximum atomic E-state index is 4.97. The molecule has 0 aliphatic carbocycles. The maximum absolute atomic E-state index is 4.97. The molecule has 3 nitrogen and oxygen atoms in total. The molecule has 0 amide bonds. The van der Waals surface area contributed by atoms with Crippen molar-refractivity contribution in [2.24, 2.45) is 5.92 Å². The predicted molar refractivity (Wildman–Crippen MR) is 76.3 cm³/mol. The van der Waals surface area contributed by atoms with Crippen molar-refractivity contribution >= 4 is 12.2 Å². The number of hydrogen-bond acceptors (Lipinski definition) is 2. The second-order valence-corrected chi connectivity index (χ2v) is 5.50. The van der Waals surface area contributed by atoms with Gasteiger partial charge in [-0.25, -0.2) is 4.98 Å². The van der Waals surface area contributed by atoms with Gasteiger partial charge in [-0.05, 0) is 35.7 Å². The quantitative estimate of drug-likeness (QED) is 0.822. The molecule has 18 heavy (non-hydrogen) atoms. The van der Waals surface area contributed by atoms with Gasteiger partial charge in [-0.1, -0.05) is 45.0 Å². The molecule has 4 heteroatoms. The van der Waals surface area contributed by atoms with Gasteiger partial charge in [-0.2, -0.15) is 0 Å². The number of nitrogens with one attached hydrogen (secondary N) is 2. The van der Waals surface area contributed by atoms with E-state index in [1.165, 1.54) is 11.1 Å². The summed E-state index contributed by atoms with van der Waals surface area (Å²) in [5.74, 6) is 1.80. The molecule has 96 valence electrons. The lowest BCUT2D eigenvalue weighted by Gasteiger charge is -2.10. The fraction of sp³-hybridized carbons (Fsp3) is 0.429. The summed E-state index contributed by atoms with van der Waals surface area (Å²) in [5, 5.41) is 5.85. The molecule has 0 radical (unpaired) electrons. The minimum atomic E-state index is 0.228. The van der Waals surface area contributed by atoms with Crippen LogP contribution < -0.4 is 0 Å². The summed E-state index contributed by atoms with van der Waals surface area (Å²) in [7, 11) is 0. The Bertz CT molecular complexity index is 551. The van der Waals surface area contributed by atoms with Gasteiger partial charge in [0.25, 0.3) is 0 Å². The van der Waals surface area contributed by atoms with Crippen LogP contribution in [0.15, 0.2) is 24.3 Å². The highest BCUT2D eigenvalue weighted by Crippen LogP contribution is 2.21. The predicted octanol–water partition coefficient (Wildman–Crippen LogP) is 3.82. The molecule has 1 aromatic carbocycles. The molecule has 0 bridgehead atoms. The lowest BCUT2D eigenvalue weighted by Crippen LogP contribution is -2.00. The Morgan fingerprint density at radius 1 is 1.11 bits per heavy atom. The van der Waals surface area contributed by atoms with Gasteiger partial charge in [-0.15, -0.1) is 0 Å². The van der Waals surface area contributed by atoms with Gasteiger partial charge in [0, 0.05) is 5.92 Å². The van der Waals surface area contributed by atoms with Crippen molar-refractivity contribution in [3.63, 3.8) is 0 Å². The van der Waals surface area contributed by atoms with E-state index < -0.39 is 0 Å². The van der Waals surface area contributed by atoms with E-state index in [9.17, 15) is 0 Å². The zero-order chi connectivity index (χ0) is 13.1. The van der Waals surface area contributed by atoms with Crippen LogP contribution in [0, 0.1) is 10.7 Å². The lowest BCUT2D eigenvalue weighted by molar-refractivity contribution is 0.647. The van der Waals surface area contributed by atoms with Gasteiger partial charge in [0.05, 0.1) is 0 Å². The monoisotopic (exact) mass is 261 g/mol. The number of aromatic amines is 2. The molecule has 1 atom stereocenters. The fourth-order valence-electron chi connectivity index (χ4n) is 2.06. The van der Waals surface area contributed by atoms with E-state index in [0.717, 1.165) is 12.2 Å². The molecule has 2 rings (SSSR count). The minimum Gasteiger partial charge on any atom is -0.285 e. The molecule has 0 saturated carbocycles. The van der Waals surface area contributed by atoms with E-state index in [1.807, 2.05) is 0 Å². The lowest BCUT2D eigenvalue weighted by atomic mass is 9.96. The Morgan fingerprint density at radius 3 is 2.28 bits per heavy atom. The van der Waals surface area contributed by atoms with E-state index in [2.05, 4.69) is 60.2 Å². The first-order valence-electron chi connectivity index (χ1n) is 6.29. The summed E-state index contributed by atoms with van der Waals surface area (Å²) in [6, 6.07) is 8.75. The van der Waals surface area contributed by atoms with E-state index in [4.69, 9.17) is 12.2 Å². The Hall–Kier alpha value is -1.42. The molecule has 1 heterocycles. The van der Waals surface area contributed by atoms with Gasteiger partial charge in [0.2, 0.25) is 4.77 Å². The van der Waals surface area contributed by atoms with Crippen LogP contribution in [-0.4, -0.2) is 15.2 Å². The number of hydrogen-bond donors (Lipinski definition) is 2. The second kappa shape index (κ2) is 5.48. The van der Waals surface area contributed by atoms with Crippen molar-refractivity contribution in [2.45, 2.75) is 33.1 Å². The third-order valence-corrected chi connectivity index (χ3v) is 3.25. The van der Waals surface area contributed by atoms with Crippen LogP contribution in [0.5, 0.6) is 0 Å². The highest BCUT2D eigenvalue weighted by atomic mass is 32.1. The highest BCUT2D eigenvalue weighted by Gasteiger charge is 2.11. The second-order valence-electron chi connectivity index (χ2n) is 5.11. The molecule has 1 aromatic heterocycles. The summed E-state index contributed by atoms with van der Waals surface area (Å²) in [5.41, 5.74) is 2.64. The summed E-state index contributed by atoms with van der Waals surface area (Å²) in [6.07, 6.45) is 1.12. The summed E-state index contributed by atoms with van der Waals surface area (Å²) < 4.78 is 0.508. The van der Waals surface area contributed by atoms with Crippen LogP contribution >= 0.6 is 12.2 Å². The molecule has 0 aliphatic rings. The van der Waals surface area contributed by atoms with Crippen molar-refractivity contribution in [1.29, 1.82) is 0 Å². The van der Waals surface area contributed by atoms with Gasteiger partial charge < -0.3 is 0 Å². The van der Waals surface area contributed by atoms with Crippen molar-refractivity contribution < 1.29 is 0 Å². The Balaban J connectivity index is 2.16. The average Bonchev–Trinajstić information content (AvgIpc) is 2.75. The molecule has 2 aromatic rings. The van der Waals surface area contributed by atoms with Crippen molar-refractivity contribution in [2.75, 3.05) is 0 Å². The molecular weight excluding hydrogens is 242 g/mol. The number of aromatic nitrogens is 3. The maximum Gasteiger partial charge on any atom is 0.213 e. The minimum absolute atomic E-state index is 0.228. The first kappa shape index (κ1) is 13.0. The Labute approximate surface area is 113 Å².